The zero-order chi connectivity index (χ0) is 13.1. The van der Waals surface area contributed by atoms with Crippen molar-refractivity contribution in [3.63, 3.8) is 0 Å². The largest absolute Gasteiger partial charge is 0.378 e. The van der Waals surface area contributed by atoms with Crippen LogP contribution in [-0.4, -0.2) is 38.3 Å². The molecule has 1 fully saturated rings. The number of aryl methyl sites for hydroxylation is 1. The fourth-order valence-electron chi connectivity index (χ4n) is 2.03. The van der Waals surface area contributed by atoms with Crippen LogP contribution in [0.25, 0.3) is 0 Å². The predicted octanol–water partition coefficient (Wildman–Crippen LogP) is 1.37. The summed E-state index contributed by atoms with van der Waals surface area (Å²) in [5.74, 6) is -0.118. The molecule has 0 radical (unpaired) electrons. The number of carbonyl (C=O) groups excluding carboxylic acids is 1. The Balaban J connectivity index is 2.05. The average Bonchev–Trinajstić information content (AvgIpc) is 2.79. The van der Waals surface area contributed by atoms with Crippen molar-refractivity contribution in [2.75, 3.05) is 20.2 Å². The molecule has 18 heavy (non-hydrogen) atoms. The van der Waals surface area contributed by atoms with Crippen molar-refractivity contribution in [3.05, 3.63) is 34.3 Å². The van der Waals surface area contributed by atoms with Gasteiger partial charge in [0.2, 0.25) is 0 Å². The van der Waals surface area contributed by atoms with Gasteiger partial charge in [-0.25, -0.2) is 0 Å². The van der Waals surface area contributed by atoms with E-state index in [0.29, 0.717) is 10.6 Å². The number of nitrogens with one attached hydrogen (secondary N) is 2. The van der Waals surface area contributed by atoms with Gasteiger partial charge in [0.25, 0.3) is 5.91 Å². The molecule has 0 bridgehead atoms. The standard InChI is InChI=1S/C13H17ClN2O2/c1-8-3-4-9(5-10(8)14)13(17)16-11-6-15-7-12(11)18-2/h3-5,11-12,15H,6-7H2,1-2H3,(H,16,17)/t11?,12-/m0/s1. The summed E-state index contributed by atoms with van der Waals surface area (Å²) in [4.78, 5) is 12.1. The maximum Gasteiger partial charge on any atom is 0.251 e. The number of amides is 1. The molecule has 4 nitrogen and oxygen atoms in total. The van der Waals surface area contributed by atoms with Crippen LogP contribution in [0.4, 0.5) is 0 Å². The Labute approximate surface area is 112 Å². The smallest absolute Gasteiger partial charge is 0.251 e. The Hall–Kier alpha value is -1.10. The number of hydrogen-bond donors (Lipinski definition) is 2. The molecule has 1 aromatic carbocycles. The molecule has 5 heteroatoms. The number of halogens is 1. The van der Waals surface area contributed by atoms with E-state index in [0.717, 1.165) is 18.7 Å². The van der Waals surface area contributed by atoms with Crippen LogP contribution in [0, 0.1) is 6.92 Å². The van der Waals surface area contributed by atoms with Crippen molar-refractivity contribution < 1.29 is 9.53 Å². The second kappa shape index (κ2) is 5.69. The number of rotatable bonds is 3. The van der Waals surface area contributed by atoms with Gasteiger partial charge in [0.15, 0.2) is 0 Å². The highest BCUT2D eigenvalue weighted by Gasteiger charge is 2.28. The number of ether oxygens (including phenoxy) is 1. The summed E-state index contributed by atoms with van der Waals surface area (Å²) in [5.41, 5.74) is 1.54. The van der Waals surface area contributed by atoms with Crippen molar-refractivity contribution in [2.24, 2.45) is 0 Å². The number of carbonyl (C=O) groups is 1. The third-order valence-electron chi connectivity index (χ3n) is 3.21. The molecule has 1 saturated heterocycles. The molecule has 1 aliphatic rings. The summed E-state index contributed by atoms with van der Waals surface area (Å²) in [6.07, 6.45) is 0.0230. The third kappa shape index (κ3) is 2.83. The molecule has 0 aromatic heterocycles. The van der Waals surface area contributed by atoms with Crippen LogP contribution < -0.4 is 10.6 Å². The van der Waals surface area contributed by atoms with Gasteiger partial charge in [-0.3, -0.25) is 4.79 Å². The third-order valence-corrected chi connectivity index (χ3v) is 3.62. The Morgan fingerprint density at radius 3 is 2.94 bits per heavy atom. The first kappa shape index (κ1) is 13.3. The quantitative estimate of drug-likeness (QED) is 0.871. The fourth-order valence-corrected chi connectivity index (χ4v) is 2.21. The molecule has 0 aliphatic carbocycles. The van der Waals surface area contributed by atoms with Crippen molar-refractivity contribution in [1.82, 2.24) is 10.6 Å². The van der Waals surface area contributed by atoms with Gasteiger partial charge >= 0.3 is 0 Å². The number of benzene rings is 1. The Bertz CT molecular complexity index is 451. The minimum Gasteiger partial charge on any atom is -0.378 e. The maximum atomic E-state index is 12.1. The Morgan fingerprint density at radius 2 is 2.28 bits per heavy atom. The molecule has 0 saturated carbocycles. The van der Waals surface area contributed by atoms with Crippen molar-refractivity contribution in [2.45, 2.75) is 19.1 Å². The SMILES string of the molecule is CO[C@H]1CNCC1NC(=O)c1ccc(C)c(Cl)c1. The van der Waals surface area contributed by atoms with E-state index in [1.54, 1.807) is 19.2 Å². The summed E-state index contributed by atoms with van der Waals surface area (Å²) < 4.78 is 5.30. The molecule has 1 unspecified atom stereocenters. The van der Waals surface area contributed by atoms with Crippen LogP contribution in [0.2, 0.25) is 5.02 Å². The van der Waals surface area contributed by atoms with Crippen molar-refractivity contribution in [1.29, 1.82) is 0 Å². The first-order valence-corrected chi connectivity index (χ1v) is 6.30. The highest BCUT2D eigenvalue weighted by atomic mass is 35.5. The van der Waals surface area contributed by atoms with E-state index in [1.165, 1.54) is 0 Å². The predicted molar refractivity (Wildman–Crippen MR) is 71.1 cm³/mol. The van der Waals surface area contributed by atoms with Crippen LogP contribution in [0.5, 0.6) is 0 Å². The highest BCUT2D eigenvalue weighted by molar-refractivity contribution is 6.31. The van der Waals surface area contributed by atoms with Gasteiger partial charge in [0.1, 0.15) is 0 Å². The monoisotopic (exact) mass is 268 g/mol. The Morgan fingerprint density at radius 1 is 1.50 bits per heavy atom. The second-order valence-corrected chi connectivity index (χ2v) is 4.88. The van der Waals surface area contributed by atoms with E-state index >= 15 is 0 Å². The lowest BCUT2D eigenvalue weighted by molar-refractivity contribution is 0.0780. The molecule has 2 atom stereocenters. The first-order valence-electron chi connectivity index (χ1n) is 5.92. The van der Waals surface area contributed by atoms with Crippen LogP contribution >= 0.6 is 11.6 Å². The molecular formula is C13H17ClN2O2. The molecule has 1 amide bonds. The van der Waals surface area contributed by atoms with E-state index < -0.39 is 0 Å². The van der Waals surface area contributed by atoms with Gasteiger partial charge in [0, 0.05) is 30.8 Å². The summed E-state index contributed by atoms with van der Waals surface area (Å²) in [6, 6.07) is 5.32. The van der Waals surface area contributed by atoms with Crippen LogP contribution in [0.1, 0.15) is 15.9 Å². The van der Waals surface area contributed by atoms with Crippen LogP contribution in [0.3, 0.4) is 0 Å². The zero-order valence-corrected chi connectivity index (χ0v) is 11.3. The summed E-state index contributed by atoms with van der Waals surface area (Å²) in [6.45, 7) is 3.39. The molecule has 0 spiro atoms. The van der Waals surface area contributed by atoms with Crippen molar-refractivity contribution >= 4 is 17.5 Å². The van der Waals surface area contributed by atoms with Gasteiger partial charge in [-0.15, -0.1) is 0 Å². The van der Waals surface area contributed by atoms with E-state index in [1.807, 2.05) is 13.0 Å². The lowest BCUT2D eigenvalue weighted by atomic mass is 10.1. The maximum absolute atomic E-state index is 12.1. The van der Waals surface area contributed by atoms with E-state index in [9.17, 15) is 4.79 Å². The highest BCUT2D eigenvalue weighted by Crippen LogP contribution is 2.17. The summed E-state index contributed by atoms with van der Waals surface area (Å²) >= 11 is 6.01. The van der Waals surface area contributed by atoms with Crippen molar-refractivity contribution in [3.8, 4) is 0 Å². The zero-order valence-electron chi connectivity index (χ0n) is 10.5. The van der Waals surface area contributed by atoms with Crippen LogP contribution in [-0.2, 0) is 4.74 Å². The van der Waals surface area contributed by atoms with Gasteiger partial charge in [0.05, 0.1) is 12.1 Å². The average molecular weight is 269 g/mol. The summed E-state index contributed by atoms with van der Waals surface area (Å²) in [7, 11) is 1.65. The molecular weight excluding hydrogens is 252 g/mol. The molecule has 2 N–H and O–H groups in total. The lowest BCUT2D eigenvalue weighted by Crippen LogP contribution is -2.43. The van der Waals surface area contributed by atoms with Crippen LogP contribution in [0.15, 0.2) is 18.2 Å². The molecule has 2 rings (SSSR count). The van der Waals surface area contributed by atoms with Gasteiger partial charge < -0.3 is 15.4 Å². The first-order chi connectivity index (χ1) is 8.61. The fraction of sp³-hybridized carbons (Fsp3) is 0.462. The topological polar surface area (TPSA) is 50.4 Å². The number of methoxy groups -OCH3 is 1. The van der Waals surface area contributed by atoms with E-state index in [-0.39, 0.29) is 18.1 Å². The second-order valence-electron chi connectivity index (χ2n) is 4.48. The molecule has 1 heterocycles. The normalized spacial score (nSPS) is 23.1. The summed E-state index contributed by atoms with van der Waals surface area (Å²) in [5, 5.41) is 6.75. The Kier molecular flexibility index (Phi) is 4.22. The van der Waals surface area contributed by atoms with Gasteiger partial charge in [-0.2, -0.15) is 0 Å². The molecule has 1 aromatic rings. The van der Waals surface area contributed by atoms with Gasteiger partial charge in [-0.05, 0) is 24.6 Å². The van der Waals surface area contributed by atoms with Gasteiger partial charge in [-0.1, -0.05) is 17.7 Å². The number of hydrogen-bond acceptors (Lipinski definition) is 3. The van der Waals surface area contributed by atoms with E-state index in [4.69, 9.17) is 16.3 Å². The molecule has 1 aliphatic heterocycles. The minimum atomic E-state index is -0.118. The van der Waals surface area contributed by atoms with E-state index in [2.05, 4.69) is 10.6 Å². The molecule has 98 valence electrons. The minimum absolute atomic E-state index is 0.00239. The lowest BCUT2D eigenvalue weighted by Gasteiger charge is -2.18.